The molecule has 3 aromatic rings. The number of rotatable bonds is 7. The highest BCUT2D eigenvalue weighted by Crippen LogP contribution is 2.16. The molecular formula is C20H19N3O2. The first-order valence-electron chi connectivity index (χ1n) is 8.04. The third kappa shape index (κ3) is 5.07. The van der Waals surface area contributed by atoms with Crippen molar-refractivity contribution in [2.24, 2.45) is 0 Å². The number of aromatic nitrogens is 1. The first-order chi connectivity index (χ1) is 12.3. The molecule has 1 heterocycles. The van der Waals surface area contributed by atoms with Crippen molar-refractivity contribution in [2.75, 3.05) is 18.5 Å². The largest absolute Gasteiger partial charge is 0.492 e. The van der Waals surface area contributed by atoms with E-state index in [1.807, 2.05) is 60.7 Å². The third-order valence-corrected chi connectivity index (χ3v) is 3.49. The van der Waals surface area contributed by atoms with Gasteiger partial charge in [-0.05, 0) is 42.5 Å². The van der Waals surface area contributed by atoms with E-state index in [1.165, 1.54) is 0 Å². The smallest absolute Gasteiger partial charge is 0.251 e. The average Bonchev–Trinajstić information content (AvgIpc) is 2.67. The second-order valence-electron chi connectivity index (χ2n) is 5.36. The normalized spacial score (nSPS) is 10.1. The summed E-state index contributed by atoms with van der Waals surface area (Å²) in [4.78, 5) is 16.2. The van der Waals surface area contributed by atoms with Crippen LogP contribution in [0.25, 0.3) is 0 Å². The van der Waals surface area contributed by atoms with Crippen LogP contribution in [0.2, 0.25) is 0 Å². The second kappa shape index (κ2) is 8.49. The van der Waals surface area contributed by atoms with Crippen molar-refractivity contribution in [3.8, 4) is 5.75 Å². The molecule has 0 atom stereocenters. The maximum absolute atomic E-state index is 12.3. The number of pyridine rings is 1. The Kier molecular flexibility index (Phi) is 5.61. The maximum Gasteiger partial charge on any atom is 0.251 e. The van der Waals surface area contributed by atoms with Gasteiger partial charge in [0.25, 0.3) is 5.91 Å². The molecule has 5 nitrogen and oxygen atoms in total. The number of amides is 1. The fraction of sp³-hybridized carbons (Fsp3) is 0.100. The van der Waals surface area contributed by atoms with E-state index in [1.54, 1.807) is 18.5 Å². The molecule has 1 aromatic heterocycles. The Hall–Kier alpha value is -3.34. The Morgan fingerprint density at radius 3 is 2.52 bits per heavy atom. The summed E-state index contributed by atoms with van der Waals surface area (Å²) < 4.78 is 5.56. The van der Waals surface area contributed by atoms with Crippen LogP contribution in [0.15, 0.2) is 79.1 Å². The number of carbonyl (C=O) groups excluding carboxylic acids is 1. The van der Waals surface area contributed by atoms with Crippen molar-refractivity contribution >= 4 is 17.3 Å². The summed E-state index contributed by atoms with van der Waals surface area (Å²) in [6.07, 6.45) is 3.43. The summed E-state index contributed by atoms with van der Waals surface area (Å²) >= 11 is 0. The number of benzene rings is 2. The van der Waals surface area contributed by atoms with Crippen LogP contribution in [0.4, 0.5) is 11.4 Å². The van der Waals surface area contributed by atoms with Crippen LogP contribution in [0, 0.1) is 0 Å². The molecule has 0 saturated heterocycles. The lowest BCUT2D eigenvalue weighted by molar-refractivity contribution is 0.0947. The SMILES string of the molecule is O=C(NCCOc1ccccc1)c1cccc(Nc2ccncc2)c1. The molecule has 5 heteroatoms. The number of para-hydroxylation sites is 1. The summed E-state index contributed by atoms with van der Waals surface area (Å²) in [5.41, 5.74) is 2.36. The zero-order valence-corrected chi connectivity index (χ0v) is 13.7. The molecule has 0 aliphatic carbocycles. The van der Waals surface area contributed by atoms with E-state index in [4.69, 9.17) is 4.74 Å². The van der Waals surface area contributed by atoms with Crippen LogP contribution in [-0.2, 0) is 0 Å². The number of hydrogen-bond donors (Lipinski definition) is 2. The number of carbonyl (C=O) groups is 1. The van der Waals surface area contributed by atoms with Crippen LogP contribution in [0.1, 0.15) is 10.4 Å². The van der Waals surface area contributed by atoms with Crippen LogP contribution < -0.4 is 15.4 Å². The molecule has 0 bridgehead atoms. The zero-order chi connectivity index (χ0) is 17.3. The van der Waals surface area contributed by atoms with Gasteiger partial charge in [-0.25, -0.2) is 0 Å². The zero-order valence-electron chi connectivity index (χ0n) is 13.7. The number of hydrogen-bond acceptors (Lipinski definition) is 4. The lowest BCUT2D eigenvalue weighted by atomic mass is 10.2. The highest BCUT2D eigenvalue weighted by atomic mass is 16.5. The quantitative estimate of drug-likeness (QED) is 0.648. The van der Waals surface area contributed by atoms with Gasteiger partial charge in [0.15, 0.2) is 0 Å². The monoisotopic (exact) mass is 333 g/mol. The first-order valence-corrected chi connectivity index (χ1v) is 8.04. The van der Waals surface area contributed by atoms with Crippen molar-refractivity contribution in [1.29, 1.82) is 0 Å². The number of nitrogens with zero attached hydrogens (tertiary/aromatic N) is 1. The van der Waals surface area contributed by atoms with Crippen LogP contribution in [-0.4, -0.2) is 24.0 Å². The van der Waals surface area contributed by atoms with E-state index in [0.717, 1.165) is 17.1 Å². The third-order valence-electron chi connectivity index (χ3n) is 3.49. The van der Waals surface area contributed by atoms with Gasteiger partial charge in [-0.3, -0.25) is 9.78 Å². The highest BCUT2D eigenvalue weighted by molar-refractivity contribution is 5.95. The van der Waals surface area contributed by atoms with E-state index in [2.05, 4.69) is 15.6 Å². The molecule has 0 aliphatic heterocycles. The van der Waals surface area contributed by atoms with Crippen LogP contribution in [0.3, 0.4) is 0 Å². The molecule has 0 spiro atoms. The Bertz CT molecular complexity index is 807. The Balaban J connectivity index is 1.51. The number of ether oxygens (including phenoxy) is 1. The summed E-state index contributed by atoms with van der Waals surface area (Å²) in [5, 5.41) is 6.10. The van der Waals surface area contributed by atoms with E-state index < -0.39 is 0 Å². The molecule has 2 N–H and O–H groups in total. The minimum Gasteiger partial charge on any atom is -0.492 e. The minimum atomic E-state index is -0.130. The molecule has 0 fully saturated rings. The Morgan fingerprint density at radius 1 is 0.920 bits per heavy atom. The summed E-state index contributed by atoms with van der Waals surface area (Å²) in [6, 6.07) is 20.6. The predicted octanol–water partition coefficient (Wildman–Crippen LogP) is 3.63. The van der Waals surface area contributed by atoms with Gasteiger partial charge in [0, 0.05) is 29.3 Å². The van der Waals surface area contributed by atoms with Gasteiger partial charge in [0.2, 0.25) is 0 Å². The summed E-state index contributed by atoms with van der Waals surface area (Å²) in [7, 11) is 0. The van der Waals surface area contributed by atoms with Crippen molar-refractivity contribution in [3.63, 3.8) is 0 Å². The molecule has 126 valence electrons. The van der Waals surface area contributed by atoms with Gasteiger partial charge in [0.05, 0.1) is 6.54 Å². The summed E-state index contributed by atoms with van der Waals surface area (Å²) in [6.45, 7) is 0.862. The van der Waals surface area contributed by atoms with Crippen LogP contribution in [0.5, 0.6) is 5.75 Å². The topological polar surface area (TPSA) is 63.2 Å². The fourth-order valence-corrected chi connectivity index (χ4v) is 2.29. The molecule has 0 saturated carbocycles. The second-order valence-corrected chi connectivity index (χ2v) is 5.36. The molecule has 0 aliphatic rings. The molecule has 1 amide bonds. The fourth-order valence-electron chi connectivity index (χ4n) is 2.29. The van der Waals surface area contributed by atoms with Gasteiger partial charge >= 0.3 is 0 Å². The van der Waals surface area contributed by atoms with Gasteiger partial charge in [-0.15, -0.1) is 0 Å². The molecule has 0 unspecified atom stereocenters. The number of nitrogens with one attached hydrogen (secondary N) is 2. The van der Waals surface area contributed by atoms with Crippen molar-refractivity contribution < 1.29 is 9.53 Å². The Morgan fingerprint density at radius 2 is 1.72 bits per heavy atom. The van der Waals surface area contributed by atoms with Gasteiger partial charge in [0.1, 0.15) is 12.4 Å². The maximum atomic E-state index is 12.3. The predicted molar refractivity (Wildman–Crippen MR) is 98.2 cm³/mol. The molecule has 3 rings (SSSR count). The summed E-state index contributed by atoms with van der Waals surface area (Å²) in [5.74, 6) is 0.662. The van der Waals surface area contributed by atoms with E-state index in [0.29, 0.717) is 18.7 Å². The minimum absolute atomic E-state index is 0.130. The standard InChI is InChI=1S/C20H19N3O2/c24-20(22-13-14-25-19-7-2-1-3-8-19)16-5-4-6-18(15-16)23-17-9-11-21-12-10-17/h1-12,15H,13-14H2,(H,21,23)(H,22,24). The highest BCUT2D eigenvalue weighted by Gasteiger charge is 2.06. The molecule has 0 radical (unpaired) electrons. The van der Waals surface area contributed by atoms with Crippen molar-refractivity contribution in [2.45, 2.75) is 0 Å². The lowest BCUT2D eigenvalue weighted by Crippen LogP contribution is -2.28. The Labute approximate surface area is 146 Å². The van der Waals surface area contributed by atoms with Gasteiger partial charge in [-0.2, -0.15) is 0 Å². The molecule has 2 aromatic carbocycles. The van der Waals surface area contributed by atoms with Gasteiger partial charge in [-0.1, -0.05) is 24.3 Å². The van der Waals surface area contributed by atoms with Crippen LogP contribution >= 0.6 is 0 Å². The molecule has 25 heavy (non-hydrogen) atoms. The van der Waals surface area contributed by atoms with Crippen molar-refractivity contribution in [1.82, 2.24) is 10.3 Å². The van der Waals surface area contributed by atoms with E-state index >= 15 is 0 Å². The van der Waals surface area contributed by atoms with E-state index in [-0.39, 0.29) is 5.91 Å². The number of anilines is 2. The molecular weight excluding hydrogens is 314 g/mol. The van der Waals surface area contributed by atoms with Gasteiger partial charge < -0.3 is 15.4 Å². The average molecular weight is 333 g/mol. The van der Waals surface area contributed by atoms with E-state index in [9.17, 15) is 4.79 Å². The first kappa shape index (κ1) is 16.5. The van der Waals surface area contributed by atoms with Crippen molar-refractivity contribution in [3.05, 3.63) is 84.7 Å². The lowest BCUT2D eigenvalue weighted by Gasteiger charge is -2.10.